The number of rotatable bonds is 7. The molecule has 0 aromatic rings. The Kier molecular flexibility index (Phi) is 6.52. The number of carbonyl (C=O) groups excluding carboxylic acids is 3. The highest BCUT2D eigenvalue weighted by molar-refractivity contribution is 5.92. The van der Waals surface area contributed by atoms with Crippen molar-refractivity contribution in [1.82, 2.24) is 10.6 Å². The van der Waals surface area contributed by atoms with E-state index in [0.717, 1.165) is 0 Å². The third kappa shape index (κ3) is 5.72. The van der Waals surface area contributed by atoms with Crippen LogP contribution in [0.5, 0.6) is 0 Å². The molecule has 1 unspecified atom stereocenters. The van der Waals surface area contributed by atoms with Crippen molar-refractivity contribution in [3.05, 3.63) is 0 Å². The summed E-state index contributed by atoms with van der Waals surface area (Å²) in [5.74, 6) is -1.11. The lowest BCUT2D eigenvalue weighted by atomic mass is 9.87. The van der Waals surface area contributed by atoms with Crippen molar-refractivity contribution in [3.8, 4) is 0 Å². The van der Waals surface area contributed by atoms with Crippen LogP contribution < -0.4 is 16.4 Å². The number of nitrogens with one attached hydrogen (secondary N) is 2. The molecule has 0 aliphatic heterocycles. The summed E-state index contributed by atoms with van der Waals surface area (Å²) in [7, 11) is 0. The second-order valence-electron chi connectivity index (χ2n) is 5.64. The Hall–Kier alpha value is -1.59. The monoisotopic (exact) mass is 271 g/mol. The quantitative estimate of drug-likeness (QED) is 0.615. The van der Waals surface area contributed by atoms with Crippen LogP contribution in [0, 0.1) is 11.8 Å². The molecule has 0 heterocycles. The summed E-state index contributed by atoms with van der Waals surface area (Å²) in [6.45, 7) is 8.85. The van der Waals surface area contributed by atoms with Gasteiger partial charge in [-0.1, -0.05) is 27.7 Å². The first-order valence-corrected chi connectivity index (χ1v) is 6.47. The maximum absolute atomic E-state index is 11.7. The summed E-state index contributed by atoms with van der Waals surface area (Å²) in [5.41, 5.74) is 4.19. The van der Waals surface area contributed by atoms with Crippen LogP contribution >= 0.6 is 0 Å². The summed E-state index contributed by atoms with van der Waals surface area (Å²) >= 11 is 0. The van der Waals surface area contributed by atoms with Crippen molar-refractivity contribution < 1.29 is 14.4 Å². The lowest BCUT2D eigenvalue weighted by Gasteiger charge is -2.31. The zero-order valence-electron chi connectivity index (χ0n) is 12.4. The van der Waals surface area contributed by atoms with Crippen molar-refractivity contribution in [1.29, 1.82) is 0 Å². The average Bonchev–Trinajstić information content (AvgIpc) is 2.24. The van der Waals surface area contributed by atoms with Crippen LogP contribution in [0.25, 0.3) is 0 Å². The molecule has 0 aromatic carbocycles. The first kappa shape index (κ1) is 17.4. The van der Waals surface area contributed by atoms with Gasteiger partial charge >= 0.3 is 0 Å². The van der Waals surface area contributed by atoms with Crippen molar-refractivity contribution >= 4 is 17.7 Å². The van der Waals surface area contributed by atoms with Crippen LogP contribution in [0.15, 0.2) is 0 Å². The molecule has 6 heteroatoms. The number of nitrogens with two attached hydrogens (primary N) is 1. The molecule has 1 atom stereocenters. The first-order chi connectivity index (χ1) is 8.59. The van der Waals surface area contributed by atoms with E-state index in [0.29, 0.717) is 6.42 Å². The zero-order chi connectivity index (χ0) is 15.2. The molecule has 0 spiro atoms. The summed E-state index contributed by atoms with van der Waals surface area (Å²) in [4.78, 5) is 34.5. The Morgan fingerprint density at radius 2 is 1.63 bits per heavy atom. The molecular weight excluding hydrogens is 246 g/mol. The predicted octanol–water partition coefficient (Wildman–Crippen LogP) is 0.165. The molecule has 0 fully saturated rings. The van der Waals surface area contributed by atoms with E-state index in [-0.39, 0.29) is 24.3 Å². The molecule has 0 aliphatic carbocycles. The van der Waals surface area contributed by atoms with Gasteiger partial charge < -0.3 is 16.4 Å². The fourth-order valence-electron chi connectivity index (χ4n) is 1.45. The maximum Gasteiger partial charge on any atom is 0.243 e. The maximum atomic E-state index is 11.7. The van der Waals surface area contributed by atoms with Gasteiger partial charge in [-0.25, -0.2) is 0 Å². The van der Waals surface area contributed by atoms with Gasteiger partial charge in [0.15, 0.2) is 0 Å². The van der Waals surface area contributed by atoms with Crippen LogP contribution in [0.2, 0.25) is 0 Å². The third-order valence-electron chi connectivity index (χ3n) is 3.11. The van der Waals surface area contributed by atoms with Crippen LogP contribution in [0.4, 0.5) is 0 Å². The smallest absolute Gasteiger partial charge is 0.243 e. The van der Waals surface area contributed by atoms with Crippen molar-refractivity contribution in [2.45, 2.75) is 46.6 Å². The summed E-state index contributed by atoms with van der Waals surface area (Å²) in [6.07, 6.45) is 0.366. The van der Waals surface area contributed by atoms with Gasteiger partial charge in [-0.15, -0.1) is 0 Å². The molecule has 0 aromatic heterocycles. The van der Waals surface area contributed by atoms with E-state index in [1.807, 2.05) is 13.8 Å². The molecular formula is C13H25N3O3. The Balaban J connectivity index is 4.38. The normalized spacial score (nSPS) is 14.1. The highest BCUT2D eigenvalue weighted by Crippen LogP contribution is 2.15. The molecule has 0 saturated heterocycles. The predicted molar refractivity (Wildman–Crippen MR) is 73.0 cm³/mol. The van der Waals surface area contributed by atoms with Gasteiger partial charge in [-0.05, 0) is 18.8 Å². The van der Waals surface area contributed by atoms with Gasteiger partial charge in [-0.2, -0.15) is 0 Å². The van der Waals surface area contributed by atoms with Crippen LogP contribution in [0.3, 0.4) is 0 Å². The summed E-state index contributed by atoms with van der Waals surface area (Å²) in [6, 6.07) is 0. The molecule has 4 N–H and O–H groups in total. The Morgan fingerprint density at radius 1 is 1.11 bits per heavy atom. The van der Waals surface area contributed by atoms with Gasteiger partial charge in [0.05, 0.1) is 6.54 Å². The summed E-state index contributed by atoms with van der Waals surface area (Å²) < 4.78 is 0. The SMILES string of the molecule is CC(C)CC(=O)NCC(=O)NC(C)(C(N)=O)C(C)C. The number of hydrogen-bond donors (Lipinski definition) is 3. The van der Waals surface area contributed by atoms with E-state index in [1.165, 1.54) is 0 Å². The number of carbonyl (C=O) groups is 3. The van der Waals surface area contributed by atoms with Crippen LogP contribution in [-0.4, -0.2) is 29.8 Å². The average molecular weight is 271 g/mol. The number of primary amides is 1. The highest BCUT2D eigenvalue weighted by atomic mass is 16.2. The van der Waals surface area contributed by atoms with Gasteiger partial charge in [-0.3, -0.25) is 14.4 Å². The fraction of sp³-hybridized carbons (Fsp3) is 0.769. The Labute approximate surface area is 114 Å². The molecule has 0 saturated carbocycles. The minimum Gasteiger partial charge on any atom is -0.368 e. The lowest BCUT2D eigenvalue weighted by molar-refractivity contribution is -0.133. The standard InChI is InChI=1S/C13H25N3O3/c1-8(2)6-10(17)15-7-11(18)16-13(5,9(3)4)12(14)19/h8-9H,6-7H2,1-5H3,(H2,14,19)(H,15,17)(H,16,18). The van der Waals surface area contributed by atoms with Crippen LogP contribution in [-0.2, 0) is 14.4 Å². The first-order valence-electron chi connectivity index (χ1n) is 6.47. The molecule has 0 radical (unpaired) electrons. The highest BCUT2D eigenvalue weighted by Gasteiger charge is 2.36. The minimum atomic E-state index is -1.11. The molecule has 19 heavy (non-hydrogen) atoms. The van der Waals surface area contributed by atoms with Crippen molar-refractivity contribution in [2.24, 2.45) is 17.6 Å². The van der Waals surface area contributed by atoms with Crippen molar-refractivity contribution in [3.63, 3.8) is 0 Å². The van der Waals surface area contributed by atoms with E-state index in [1.54, 1.807) is 20.8 Å². The molecule has 0 bridgehead atoms. The van der Waals surface area contributed by atoms with Gasteiger partial charge in [0, 0.05) is 6.42 Å². The van der Waals surface area contributed by atoms with Crippen molar-refractivity contribution in [2.75, 3.05) is 6.54 Å². The minimum absolute atomic E-state index is 0.139. The summed E-state index contributed by atoms with van der Waals surface area (Å²) in [5, 5.41) is 5.08. The lowest BCUT2D eigenvalue weighted by Crippen LogP contribution is -2.60. The van der Waals surface area contributed by atoms with E-state index < -0.39 is 17.4 Å². The molecule has 0 aliphatic rings. The topological polar surface area (TPSA) is 101 Å². The fourth-order valence-corrected chi connectivity index (χ4v) is 1.45. The van der Waals surface area contributed by atoms with Gasteiger partial charge in [0.1, 0.15) is 5.54 Å². The second kappa shape index (κ2) is 7.11. The van der Waals surface area contributed by atoms with E-state index in [4.69, 9.17) is 5.73 Å². The van der Waals surface area contributed by atoms with E-state index >= 15 is 0 Å². The number of amides is 3. The third-order valence-corrected chi connectivity index (χ3v) is 3.11. The Morgan fingerprint density at radius 3 is 2.00 bits per heavy atom. The van der Waals surface area contributed by atoms with E-state index in [2.05, 4.69) is 10.6 Å². The van der Waals surface area contributed by atoms with Gasteiger partial charge in [0.25, 0.3) is 0 Å². The molecule has 110 valence electrons. The van der Waals surface area contributed by atoms with Crippen LogP contribution in [0.1, 0.15) is 41.0 Å². The molecule has 3 amide bonds. The zero-order valence-corrected chi connectivity index (χ0v) is 12.4. The molecule has 0 rings (SSSR count). The molecule has 6 nitrogen and oxygen atoms in total. The largest absolute Gasteiger partial charge is 0.368 e. The van der Waals surface area contributed by atoms with Gasteiger partial charge in [0.2, 0.25) is 17.7 Å². The number of hydrogen-bond acceptors (Lipinski definition) is 3. The second-order valence-corrected chi connectivity index (χ2v) is 5.64. The van der Waals surface area contributed by atoms with E-state index in [9.17, 15) is 14.4 Å². The Bertz CT molecular complexity index is 353.